The Labute approximate surface area is 153 Å². The van der Waals surface area contributed by atoms with E-state index in [-0.39, 0.29) is 29.6 Å². The van der Waals surface area contributed by atoms with Crippen molar-refractivity contribution in [3.8, 4) is 11.4 Å². The summed E-state index contributed by atoms with van der Waals surface area (Å²) in [4.78, 5) is 28.3. The molecule has 0 spiro atoms. The zero-order valence-electron chi connectivity index (χ0n) is 13.6. The number of hydrogen-bond acceptors (Lipinski definition) is 6. The minimum absolute atomic E-state index is 0.0715. The summed E-state index contributed by atoms with van der Waals surface area (Å²) in [5.41, 5.74) is 0.795. The molecule has 1 heterocycles. The van der Waals surface area contributed by atoms with Gasteiger partial charge in [0, 0.05) is 35.3 Å². The lowest BCUT2D eigenvalue weighted by atomic mass is 10.2. The molecule has 26 heavy (non-hydrogen) atoms. The first-order valence-corrected chi connectivity index (χ1v) is 7.90. The van der Waals surface area contributed by atoms with Crippen molar-refractivity contribution >= 4 is 23.2 Å². The fourth-order valence-electron chi connectivity index (χ4n) is 2.28. The van der Waals surface area contributed by atoms with Gasteiger partial charge in [0.1, 0.15) is 0 Å². The lowest BCUT2D eigenvalue weighted by Crippen LogP contribution is -2.26. The fourth-order valence-corrected chi connectivity index (χ4v) is 2.41. The summed E-state index contributed by atoms with van der Waals surface area (Å²) in [5, 5.41) is 15.3. The normalized spacial score (nSPS) is 10.5. The van der Waals surface area contributed by atoms with E-state index in [2.05, 4.69) is 10.1 Å². The zero-order chi connectivity index (χ0) is 18.7. The van der Waals surface area contributed by atoms with Crippen LogP contribution in [0.4, 0.5) is 5.69 Å². The molecule has 0 atom stereocenters. The van der Waals surface area contributed by atoms with Gasteiger partial charge < -0.3 is 9.42 Å². The first kappa shape index (κ1) is 17.6. The number of carbonyl (C=O) groups excluding carboxylic acids is 1. The molecule has 3 rings (SSSR count). The molecular weight excluding hydrogens is 360 g/mol. The van der Waals surface area contributed by atoms with Crippen LogP contribution in [0.1, 0.15) is 16.2 Å². The van der Waals surface area contributed by atoms with Crippen LogP contribution < -0.4 is 0 Å². The van der Waals surface area contributed by atoms with Crippen LogP contribution in [0.5, 0.6) is 0 Å². The van der Waals surface area contributed by atoms with Crippen LogP contribution in [0, 0.1) is 10.1 Å². The van der Waals surface area contributed by atoms with Crippen LogP contribution in [0.25, 0.3) is 11.4 Å². The Balaban J connectivity index is 1.73. The van der Waals surface area contributed by atoms with Crippen LogP contribution in [0.3, 0.4) is 0 Å². The van der Waals surface area contributed by atoms with E-state index in [9.17, 15) is 14.9 Å². The average Bonchev–Trinajstić information content (AvgIpc) is 3.10. The third kappa shape index (κ3) is 3.86. The highest BCUT2D eigenvalue weighted by Crippen LogP contribution is 2.20. The molecule has 0 aliphatic heterocycles. The van der Waals surface area contributed by atoms with Gasteiger partial charge in [0.15, 0.2) is 0 Å². The molecule has 0 unspecified atom stereocenters. The number of aromatic nitrogens is 2. The van der Waals surface area contributed by atoms with Gasteiger partial charge in [-0.3, -0.25) is 14.9 Å². The molecule has 0 N–H and O–H groups in total. The molecule has 0 aliphatic rings. The number of non-ortho nitro benzene ring substituents is 1. The SMILES string of the molecule is CN(Cc1nc(-c2ccc(Cl)cc2)no1)C(=O)c1cccc([N+](=O)[O-])c1. The number of amides is 1. The van der Waals surface area contributed by atoms with Gasteiger partial charge >= 0.3 is 0 Å². The summed E-state index contributed by atoms with van der Waals surface area (Å²) in [7, 11) is 1.55. The quantitative estimate of drug-likeness (QED) is 0.501. The monoisotopic (exact) mass is 372 g/mol. The van der Waals surface area contributed by atoms with E-state index in [0.29, 0.717) is 10.8 Å². The van der Waals surface area contributed by atoms with Crippen molar-refractivity contribution < 1.29 is 14.2 Å². The second-order valence-electron chi connectivity index (χ2n) is 5.49. The van der Waals surface area contributed by atoms with Crippen molar-refractivity contribution in [2.75, 3.05) is 7.05 Å². The molecule has 1 aromatic heterocycles. The molecule has 0 fully saturated rings. The molecule has 3 aromatic rings. The Kier molecular flexibility index (Phi) is 4.94. The molecule has 0 aliphatic carbocycles. The van der Waals surface area contributed by atoms with Crippen LogP contribution in [-0.4, -0.2) is 32.9 Å². The first-order valence-electron chi connectivity index (χ1n) is 7.52. The standard InChI is InChI=1S/C17H13ClN4O4/c1-21(17(23)12-3-2-4-14(9-12)22(24)25)10-15-19-16(20-26-15)11-5-7-13(18)8-6-11/h2-9H,10H2,1H3. The lowest BCUT2D eigenvalue weighted by molar-refractivity contribution is -0.384. The Bertz CT molecular complexity index is 955. The van der Waals surface area contributed by atoms with E-state index < -0.39 is 4.92 Å². The maximum atomic E-state index is 12.4. The fraction of sp³-hybridized carbons (Fsp3) is 0.118. The first-order chi connectivity index (χ1) is 12.4. The topological polar surface area (TPSA) is 102 Å². The Hall–Kier alpha value is -3.26. The number of hydrogen-bond donors (Lipinski definition) is 0. The maximum absolute atomic E-state index is 12.4. The highest BCUT2D eigenvalue weighted by Gasteiger charge is 2.18. The maximum Gasteiger partial charge on any atom is 0.270 e. The number of halogens is 1. The summed E-state index contributed by atoms with van der Waals surface area (Å²) < 4.78 is 5.17. The number of nitrogens with zero attached hydrogens (tertiary/aromatic N) is 4. The number of rotatable bonds is 5. The summed E-state index contributed by atoms with van der Waals surface area (Å²) in [6, 6.07) is 12.5. The largest absolute Gasteiger partial charge is 0.337 e. The predicted molar refractivity (Wildman–Crippen MR) is 93.6 cm³/mol. The lowest BCUT2D eigenvalue weighted by Gasteiger charge is -2.14. The van der Waals surface area contributed by atoms with Gasteiger partial charge in [-0.05, 0) is 30.3 Å². The molecule has 1 amide bonds. The summed E-state index contributed by atoms with van der Waals surface area (Å²) in [6.45, 7) is 0.0715. The minimum atomic E-state index is -0.548. The van der Waals surface area contributed by atoms with Gasteiger partial charge in [-0.2, -0.15) is 4.98 Å². The van der Waals surface area contributed by atoms with Crippen LogP contribution in [-0.2, 0) is 6.54 Å². The van der Waals surface area contributed by atoms with Crippen molar-refractivity contribution in [2.24, 2.45) is 0 Å². The van der Waals surface area contributed by atoms with Crippen molar-refractivity contribution in [3.63, 3.8) is 0 Å². The Morgan fingerprint density at radius 2 is 2.00 bits per heavy atom. The molecule has 8 nitrogen and oxygen atoms in total. The highest BCUT2D eigenvalue weighted by molar-refractivity contribution is 6.30. The van der Waals surface area contributed by atoms with E-state index in [1.807, 2.05) is 0 Å². The number of benzene rings is 2. The molecule has 0 saturated heterocycles. The smallest absolute Gasteiger partial charge is 0.270 e. The van der Waals surface area contributed by atoms with Gasteiger partial charge in [-0.1, -0.05) is 22.8 Å². The van der Waals surface area contributed by atoms with E-state index in [0.717, 1.165) is 5.56 Å². The number of nitro groups is 1. The van der Waals surface area contributed by atoms with Gasteiger partial charge in [-0.15, -0.1) is 0 Å². The van der Waals surface area contributed by atoms with Gasteiger partial charge in [-0.25, -0.2) is 0 Å². The third-order valence-corrected chi connectivity index (χ3v) is 3.85. The van der Waals surface area contributed by atoms with E-state index >= 15 is 0 Å². The third-order valence-electron chi connectivity index (χ3n) is 3.59. The van der Waals surface area contributed by atoms with Crippen molar-refractivity contribution in [1.82, 2.24) is 15.0 Å². The van der Waals surface area contributed by atoms with E-state index in [1.54, 1.807) is 31.3 Å². The van der Waals surface area contributed by atoms with Crippen molar-refractivity contribution in [2.45, 2.75) is 6.54 Å². The number of nitro benzene ring substituents is 1. The van der Waals surface area contributed by atoms with Crippen molar-refractivity contribution in [3.05, 3.63) is 75.1 Å². The van der Waals surface area contributed by atoms with E-state index in [4.69, 9.17) is 16.1 Å². The van der Waals surface area contributed by atoms with Gasteiger partial charge in [0.25, 0.3) is 11.6 Å². The molecule has 0 bridgehead atoms. The molecule has 2 aromatic carbocycles. The molecule has 132 valence electrons. The summed E-state index contributed by atoms with van der Waals surface area (Å²) >= 11 is 5.85. The number of carbonyl (C=O) groups is 1. The molecular formula is C17H13ClN4O4. The second kappa shape index (κ2) is 7.32. The van der Waals surface area contributed by atoms with Crippen molar-refractivity contribution in [1.29, 1.82) is 0 Å². The predicted octanol–water partition coefficient (Wildman–Crippen LogP) is 3.57. The minimum Gasteiger partial charge on any atom is -0.337 e. The van der Waals surface area contributed by atoms with Crippen LogP contribution in [0.15, 0.2) is 53.1 Å². The summed E-state index contributed by atoms with van der Waals surface area (Å²) in [5.74, 6) is 0.240. The Morgan fingerprint density at radius 1 is 1.27 bits per heavy atom. The molecule has 0 radical (unpaired) electrons. The Morgan fingerprint density at radius 3 is 2.69 bits per heavy atom. The second-order valence-corrected chi connectivity index (χ2v) is 5.92. The van der Waals surface area contributed by atoms with Crippen LogP contribution >= 0.6 is 11.6 Å². The molecule has 9 heteroatoms. The average molecular weight is 373 g/mol. The highest BCUT2D eigenvalue weighted by atomic mass is 35.5. The molecule has 0 saturated carbocycles. The van der Waals surface area contributed by atoms with Gasteiger partial charge in [0.2, 0.25) is 11.7 Å². The van der Waals surface area contributed by atoms with E-state index in [1.165, 1.54) is 29.2 Å². The van der Waals surface area contributed by atoms with Crippen LogP contribution in [0.2, 0.25) is 5.02 Å². The zero-order valence-corrected chi connectivity index (χ0v) is 14.4. The van der Waals surface area contributed by atoms with Gasteiger partial charge in [0.05, 0.1) is 11.5 Å². The summed E-state index contributed by atoms with van der Waals surface area (Å²) in [6.07, 6.45) is 0.